The van der Waals surface area contributed by atoms with Gasteiger partial charge in [0, 0.05) is 104 Å². The molecule has 5 aliphatic rings. The van der Waals surface area contributed by atoms with Crippen molar-refractivity contribution in [3.8, 4) is 34.3 Å². The Balaban J connectivity index is 0.000000164. The zero-order chi connectivity index (χ0) is 47.9. The van der Waals surface area contributed by atoms with Crippen LogP contribution in [0, 0.1) is 0 Å². The lowest BCUT2D eigenvalue weighted by atomic mass is 10.1. The second kappa shape index (κ2) is 20.5. The van der Waals surface area contributed by atoms with E-state index in [-0.39, 0.29) is 22.0 Å². The van der Waals surface area contributed by atoms with Crippen LogP contribution in [0.5, 0.6) is 11.8 Å². The average Bonchev–Trinajstić information content (AvgIpc) is 4.32. The minimum absolute atomic E-state index is 0.0781. The van der Waals surface area contributed by atoms with Crippen molar-refractivity contribution in [2.75, 3.05) is 110 Å². The number of hydrogen-bond donors (Lipinski definition) is 0. The maximum absolute atomic E-state index is 12.8. The van der Waals surface area contributed by atoms with E-state index in [1.54, 1.807) is 35.1 Å². The zero-order valence-electron chi connectivity index (χ0n) is 38.8. The normalized spacial score (nSPS) is 18.7. The lowest BCUT2D eigenvalue weighted by Crippen LogP contribution is -2.43. The second-order valence-corrected chi connectivity index (χ2v) is 25.2. The number of hydrogen-bond acceptors (Lipinski definition) is 20. The van der Waals surface area contributed by atoms with Crippen molar-refractivity contribution in [1.82, 2.24) is 39.7 Å². The van der Waals surface area contributed by atoms with Crippen molar-refractivity contribution in [3.05, 3.63) is 56.4 Å². The molecule has 23 heteroatoms. The highest BCUT2D eigenvalue weighted by atomic mass is 79.9. The number of morpholine rings is 2. The molecule has 5 fully saturated rings. The van der Waals surface area contributed by atoms with Gasteiger partial charge in [-0.15, -0.1) is 22.7 Å². The van der Waals surface area contributed by atoms with Gasteiger partial charge in [-0.05, 0) is 66.2 Å². The molecule has 0 radical (unpaired) electrons. The van der Waals surface area contributed by atoms with Crippen LogP contribution in [0.4, 0.5) is 11.9 Å². The van der Waals surface area contributed by atoms with Gasteiger partial charge in [0.15, 0.2) is 19.7 Å². The highest BCUT2D eigenvalue weighted by Crippen LogP contribution is 2.40. The Kier molecular flexibility index (Phi) is 14.4. The van der Waals surface area contributed by atoms with Crippen LogP contribution < -0.4 is 19.3 Å². The molecule has 11 rings (SSSR count). The summed E-state index contributed by atoms with van der Waals surface area (Å²) < 4.78 is 75.6. The highest BCUT2D eigenvalue weighted by molar-refractivity contribution is 9.10. The van der Waals surface area contributed by atoms with Crippen molar-refractivity contribution in [2.45, 2.75) is 54.2 Å². The topological polar surface area (TPSA) is 196 Å². The lowest BCUT2D eigenvalue weighted by molar-refractivity contribution is 0.122. The summed E-state index contributed by atoms with van der Waals surface area (Å²) in [4.78, 5) is 37.7. The minimum atomic E-state index is -3.24. The van der Waals surface area contributed by atoms with Crippen LogP contribution in [-0.4, -0.2) is 167 Å². The van der Waals surface area contributed by atoms with E-state index in [4.69, 9.17) is 38.9 Å². The number of sulfone groups is 2. The number of nitrogens with zero attached hydrogens (tertiary/aromatic N) is 10. The van der Waals surface area contributed by atoms with E-state index in [0.29, 0.717) is 61.2 Å². The fourth-order valence-electron chi connectivity index (χ4n) is 8.74. The van der Waals surface area contributed by atoms with Crippen molar-refractivity contribution in [3.63, 3.8) is 0 Å². The summed E-state index contributed by atoms with van der Waals surface area (Å²) >= 11 is 6.78. The number of fused-ring (bicyclic) bond motifs is 2. The van der Waals surface area contributed by atoms with Crippen LogP contribution >= 0.6 is 38.6 Å². The number of anilines is 2. The number of halogens is 1. The van der Waals surface area contributed by atoms with E-state index in [0.717, 1.165) is 132 Å². The number of likely N-dealkylation sites (N-methyl/N-ethyl adjacent to an activating group) is 1. The Morgan fingerprint density at radius 2 is 1.10 bits per heavy atom. The molecule has 6 aromatic heterocycles. The molecule has 368 valence electrons. The van der Waals surface area contributed by atoms with E-state index in [2.05, 4.69) is 57.9 Å². The van der Waals surface area contributed by atoms with E-state index < -0.39 is 19.7 Å². The van der Waals surface area contributed by atoms with Gasteiger partial charge in [0.25, 0.3) is 0 Å². The number of rotatable bonds is 14. The largest absolute Gasteiger partial charge is 0.481 e. The molecule has 6 aromatic rings. The van der Waals surface area contributed by atoms with E-state index in [9.17, 15) is 16.8 Å². The van der Waals surface area contributed by atoms with Gasteiger partial charge in [-0.2, -0.15) is 0 Å². The van der Waals surface area contributed by atoms with E-state index in [1.807, 2.05) is 17.5 Å². The third kappa shape index (κ3) is 10.9. The molecule has 3 aliphatic heterocycles. The Morgan fingerprint density at radius 1 is 0.638 bits per heavy atom. The first-order chi connectivity index (χ1) is 33.4. The van der Waals surface area contributed by atoms with E-state index >= 15 is 0 Å². The fraction of sp³-hybridized carbons (Fsp3) is 0.522. The van der Waals surface area contributed by atoms with Gasteiger partial charge in [0.05, 0.1) is 93.4 Å². The molecule has 0 aromatic carbocycles. The molecule has 0 N–H and O–H groups in total. The summed E-state index contributed by atoms with van der Waals surface area (Å²) in [6.45, 7) is 10.5. The molecule has 69 heavy (non-hydrogen) atoms. The molecule has 0 spiro atoms. The zero-order valence-corrected chi connectivity index (χ0v) is 43.7. The SMILES string of the molecule is COc1ncc(-c2nc(N3CCOCC3)nc3c(Br)csc23)cc1CS(=O)(=O)C1CC1.COc1ncc(-c2nc(N3CCOCC3)nc3c(CN4CCN(C)CC4)csc23)cc1CS(=O)(=O)C1CC1. The number of pyridine rings is 2. The van der Waals surface area contributed by atoms with Crippen LogP contribution in [0.2, 0.25) is 0 Å². The minimum Gasteiger partial charge on any atom is -0.481 e. The summed E-state index contributed by atoms with van der Waals surface area (Å²) in [6, 6.07) is 3.72. The smallest absolute Gasteiger partial charge is 0.226 e. The maximum atomic E-state index is 12.8. The Bertz CT molecular complexity index is 3060. The fourth-order valence-corrected chi connectivity index (χ4v) is 14.8. The maximum Gasteiger partial charge on any atom is 0.226 e. The van der Waals surface area contributed by atoms with Crippen LogP contribution in [0.15, 0.2) is 39.8 Å². The molecule has 0 atom stereocenters. The molecule has 2 aliphatic carbocycles. The van der Waals surface area contributed by atoms with Crippen LogP contribution in [0.1, 0.15) is 42.4 Å². The third-order valence-corrected chi connectivity index (χ3v) is 20.3. The lowest BCUT2D eigenvalue weighted by Gasteiger charge is -2.32. The van der Waals surface area contributed by atoms with Gasteiger partial charge >= 0.3 is 0 Å². The molecular formula is C46H55BrN10O8S4. The number of thiophene rings is 2. The van der Waals surface area contributed by atoms with Crippen LogP contribution in [-0.2, 0) is 47.2 Å². The molecule has 0 amide bonds. The van der Waals surface area contributed by atoms with Crippen LogP contribution in [0.25, 0.3) is 42.9 Å². The average molecular weight is 1080 g/mol. The summed E-state index contributed by atoms with van der Waals surface area (Å²) in [5.74, 6) is 1.83. The molecule has 3 saturated heterocycles. The number of ether oxygens (including phenoxy) is 4. The van der Waals surface area contributed by atoms with E-state index in [1.165, 1.54) is 19.8 Å². The van der Waals surface area contributed by atoms with Gasteiger partial charge in [0.2, 0.25) is 23.7 Å². The van der Waals surface area contributed by atoms with Gasteiger partial charge in [-0.1, -0.05) is 0 Å². The Labute approximate surface area is 418 Å². The summed E-state index contributed by atoms with van der Waals surface area (Å²) in [6.07, 6.45) is 6.35. The predicted molar refractivity (Wildman–Crippen MR) is 272 cm³/mol. The predicted octanol–water partition coefficient (Wildman–Crippen LogP) is 5.86. The molecule has 9 heterocycles. The van der Waals surface area contributed by atoms with Crippen molar-refractivity contribution in [2.24, 2.45) is 0 Å². The van der Waals surface area contributed by atoms with Gasteiger partial charge in [-0.25, -0.2) is 46.7 Å². The Hall–Kier alpha value is -4.20. The summed E-state index contributed by atoms with van der Waals surface area (Å²) in [7, 11) is -1.26. The molecule has 2 saturated carbocycles. The number of methoxy groups -OCH3 is 2. The Morgan fingerprint density at radius 3 is 1.58 bits per heavy atom. The van der Waals surface area contributed by atoms with Gasteiger partial charge in [0.1, 0.15) is 5.52 Å². The standard InChI is InChI=1S/C26H34N6O4S2.C20H21BrN4O4S2/c1-30-5-7-31(8-6-30)15-20-16-37-24-22(28-26(29-23(20)24)32-9-11-36-12-10-32)18-13-19(25(35-2)27-14-18)17-38(33,34)21-3-4-21;1-28-19-13(11-31(26,27)14-2-3-14)8-12(9-22-19)16-18-17(15(21)10-30-18)24-20(23-16)25-4-6-29-7-5-25/h13-14,16,21H,3-12,15,17H2,1-2H3;8-10,14H,2-7,11H2,1H3. The first-order valence-corrected chi connectivity index (χ1v) is 29.1. The van der Waals surface area contributed by atoms with Gasteiger partial charge < -0.3 is 33.6 Å². The number of aromatic nitrogens is 6. The molecule has 0 unspecified atom stereocenters. The molecule has 18 nitrogen and oxygen atoms in total. The summed E-state index contributed by atoms with van der Waals surface area (Å²) in [5, 5.41) is 3.69. The number of piperazine rings is 1. The first kappa shape index (κ1) is 48.4. The second-order valence-electron chi connectivity index (χ2n) is 18.0. The molecular weight excluding hydrogens is 1030 g/mol. The quantitative estimate of drug-likeness (QED) is 0.126. The first-order valence-electron chi connectivity index (χ1n) is 23.2. The van der Waals surface area contributed by atoms with Crippen molar-refractivity contribution in [1.29, 1.82) is 0 Å². The van der Waals surface area contributed by atoms with Crippen LogP contribution in [0.3, 0.4) is 0 Å². The highest BCUT2D eigenvalue weighted by Gasteiger charge is 2.37. The monoisotopic (exact) mass is 1080 g/mol. The third-order valence-electron chi connectivity index (χ3n) is 13.0. The molecule has 0 bridgehead atoms. The van der Waals surface area contributed by atoms with Gasteiger partial charge in [-0.3, -0.25) is 4.90 Å². The van der Waals surface area contributed by atoms with Crippen molar-refractivity contribution < 1.29 is 35.8 Å². The van der Waals surface area contributed by atoms with Crippen molar-refractivity contribution >= 4 is 90.6 Å². The summed E-state index contributed by atoms with van der Waals surface area (Å²) in [5.41, 5.74) is 7.18.